The fraction of sp³-hybridized carbons (Fsp3) is 0.0952. The molecule has 1 N–H and O–H groups in total. The van der Waals surface area contributed by atoms with Crippen molar-refractivity contribution in [2.75, 3.05) is 4.90 Å². The lowest BCUT2D eigenvalue weighted by atomic mass is 10.0. The number of aryl methyl sites for hydroxylation is 1. The quantitative estimate of drug-likeness (QED) is 0.550. The summed E-state index contributed by atoms with van der Waals surface area (Å²) in [6, 6.07) is 12.0. The van der Waals surface area contributed by atoms with E-state index >= 15 is 0 Å². The molecule has 1 aliphatic heterocycles. The van der Waals surface area contributed by atoms with Crippen molar-refractivity contribution in [3.63, 3.8) is 0 Å². The fourth-order valence-electron chi connectivity index (χ4n) is 3.39. The second-order valence-electron chi connectivity index (χ2n) is 6.48. The monoisotopic (exact) mass is 377 g/mol. The van der Waals surface area contributed by atoms with E-state index in [4.69, 9.17) is 0 Å². The Morgan fingerprint density at radius 2 is 1.68 bits per heavy atom. The number of nitrogens with zero attached hydrogens (tertiary/aromatic N) is 2. The van der Waals surface area contributed by atoms with Crippen LogP contribution in [0, 0.1) is 12.7 Å². The molecule has 0 radical (unpaired) electrons. The van der Waals surface area contributed by atoms with Gasteiger partial charge in [-0.15, -0.1) is 0 Å². The third kappa shape index (κ3) is 2.60. The van der Waals surface area contributed by atoms with Gasteiger partial charge < -0.3 is 4.57 Å². The Labute approximate surface area is 159 Å². The van der Waals surface area contributed by atoms with Crippen LogP contribution in [-0.4, -0.2) is 22.4 Å². The molecule has 2 heterocycles. The molecule has 1 aromatic heterocycles. The highest BCUT2D eigenvalue weighted by atomic mass is 19.1. The average molecular weight is 377 g/mol. The molecule has 4 rings (SSSR count). The zero-order valence-corrected chi connectivity index (χ0v) is 15.2. The number of nitrogens with one attached hydrogen (secondary N) is 1. The van der Waals surface area contributed by atoms with E-state index < -0.39 is 23.7 Å². The van der Waals surface area contributed by atoms with Crippen LogP contribution in [0.25, 0.3) is 17.0 Å². The Kier molecular flexibility index (Phi) is 4.07. The predicted octanol–water partition coefficient (Wildman–Crippen LogP) is 3.29. The molecule has 0 unspecified atom stereocenters. The van der Waals surface area contributed by atoms with Gasteiger partial charge in [-0.3, -0.25) is 14.9 Å². The van der Waals surface area contributed by atoms with Crippen LogP contribution in [-0.2, 0) is 16.6 Å². The number of carbonyl (C=O) groups is 3. The van der Waals surface area contributed by atoms with Gasteiger partial charge in [0.05, 0.1) is 5.69 Å². The topological polar surface area (TPSA) is 71.4 Å². The number of aromatic nitrogens is 1. The zero-order valence-electron chi connectivity index (χ0n) is 15.2. The van der Waals surface area contributed by atoms with E-state index in [0.29, 0.717) is 10.5 Å². The number of benzene rings is 2. The maximum absolute atomic E-state index is 14.2. The number of rotatable bonds is 2. The molecule has 0 atom stereocenters. The standard InChI is InChI=1S/C21H16FN3O3/c1-12-14(13-7-3-5-9-17(13)24(12)2)11-15-19(26)23-21(28)25(20(15)27)18-10-6-4-8-16(18)22/h3-11H,1-2H3,(H,23,26,28)/b15-11-. The summed E-state index contributed by atoms with van der Waals surface area (Å²) < 4.78 is 16.1. The zero-order chi connectivity index (χ0) is 20.0. The van der Waals surface area contributed by atoms with Crippen molar-refractivity contribution in [1.29, 1.82) is 0 Å². The number of para-hydroxylation sites is 2. The molecule has 0 spiro atoms. The molecular weight excluding hydrogens is 361 g/mol. The number of fused-ring (bicyclic) bond motifs is 1. The maximum Gasteiger partial charge on any atom is 0.336 e. The largest absolute Gasteiger partial charge is 0.347 e. The first-order valence-corrected chi connectivity index (χ1v) is 8.60. The Morgan fingerprint density at radius 3 is 2.43 bits per heavy atom. The lowest BCUT2D eigenvalue weighted by Crippen LogP contribution is -2.54. The Bertz CT molecular complexity index is 1190. The van der Waals surface area contributed by atoms with Crippen LogP contribution in [0.15, 0.2) is 54.1 Å². The van der Waals surface area contributed by atoms with Crippen molar-refractivity contribution < 1.29 is 18.8 Å². The van der Waals surface area contributed by atoms with Gasteiger partial charge in [0.25, 0.3) is 11.8 Å². The molecule has 2 aromatic carbocycles. The third-order valence-corrected chi connectivity index (χ3v) is 4.93. The van der Waals surface area contributed by atoms with E-state index in [-0.39, 0.29) is 11.3 Å². The number of barbiturate groups is 1. The van der Waals surface area contributed by atoms with Crippen molar-refractivity contribution in [2.45, 2.75) is 6.92 Å². The molecule has 0 aliphatic carbocycles. The number of hydrogen-bond donors (Lipinski definition) is 1. The molecule has 140 valence electrons. The van der Waals surface area contributed by atoms with E-state index in [9.17, 15) is 18.8 Å². The molecule has 0 saturated carbocycles. The van der Waals surface area contributed by atoms with Gasteiger partial charge in [0.15, 0.2) is 0 Å². The van der Waals surface area contributed by atoms with Gasteiger partial charge >= 0.3 is 6.03 Å². The van der Waals surface area contributed by atoms with Gasteiger partial charge in [-0.2, -0.15) is 0 Å². The van der Waals surface area contributed by atoms with Gasteiger partial charge in [0.2, 0.25) is 0 Å². The van der Waals surface area contributed by atoms with E-state index in [0.717, 1.165) is 22.7 Å². The first-order valence-electron chi connectivity index (χ1n) is 8.60. The number of carbonyl (C=O) groups excluding carboxylic acids is 3. The van der Waals surface area contributed by atoms with Crippen molar-refractivity contribution in [3.05, 3.63) is 71.2 Å². The predicted molar refractivity (Wildman–Crippen MR) is 103 cm³/mol. The average Bonchev–Trinajstić information content (AvgIpc) is 2.91. The number of urea groups is 1. The van der Waals surface area contributed by atoms with Crippen LogP contribution in [0.1, 0.15) is 11.3 Å². The first-order chi connectivity index (χ1) is 13.4. The van der Waals surface area contributed by atoms with Crippen molar-refractivity contribution in [1.82, 2.24) is 9.88 Å². The summed E-state index contributed by atoms with van der Waals surface area (Å²) in [5.41, 5.74) is 2.04. The van der Waals surface area contributed by atoms with Gasteiger partial charge in [0.1, 0.15) is 11.4 Å². The minimum absolute atomic E-state index is 0.210. The highest BCUT2D eigenvalue weighted by molar-refractivity contribution is 6.39. The van der Waals surface area contributed by atoms with Gasteiger partial charge in [0, 0.05) is 29.2 Å². The highest BCUT2D eigenvalue weighted by Crippen LogP contribution is 2.29. The van der Waals surface area contributed by atoms with E-state index in [1.165, 1.54) is 24.3 Å². The van der Waals surface area contributed by atoms with Crippen molar-refractivity contribution in [3.8, 4) is 0 Å². The SMILES string of the molecule is Cc1c(/C=C2/C(=O)NC(=O)N(c3ccccc3F)C2=O)c2ccccc2n1C. The van der Waals surface area contributed by atoms with E-state index in [2.05, 4.69) is 5.32 Å². The lowest BCUT2D eigenvalue weighted by Gasteiger charge is -2.26. The lowest BCUT2D eigenvalue weighted by molar-refractivity contribution is -0.122. The molecular formula is C21H16FN3O3. The number of hydrogen-bond acceptors (Lipinski definition) is 3. The van der Waals surface area contributed by atoms with E-state index in [1.807, 2.05) is 42.8 Å². The van der Waals surface area contributed by atoms with Crippen LogP contribution < -0.4 is 10.2 Å². The molecule has 6 nitrogen and oxygen atoms in total. The molecule has 4 amide bonds. The van der Waals surface area contributed by atoms with Crippen LogP contribution in [0.2, 0.25) is 0 Å². The second kappa shape index (κ2) is 6.45. The highest BCUT2D eigenvalue weighted by Gasteiger charge is 2.38. The normalized spacial score (nSPS) is 16.2. The molecule has 1 fully saturated rings. The third-order valence-electron chi connectivity index (χ3n) is 4.93. The fourth-order valence-corrected chi connectivity index (χ4v) is 3.39. The van der Waals surface area contributed by atoms with Crippen molar-refractivity contribution >= 4 is 40.5 Å². The minimum Gasteiger partial charge on any atom is -0.347 e. The van der Waals surface area contributed by atoms with Crippen LogP contribution >= 0.6 is 0 Å². The van der Waals surface area contributed by atoms with Crippen LogP contribution in [0.3, 0.4) is 0 Å². The summed E-state index contributed by atoms with van der Waals surface area (Å²) in [4.78, 5) is 38.2. The van der Waals surface area contributed by atoms with Gasteiger partial charge in [-0.05, 0) is 31.2 Å². The van der Waals surface area contributed by atoms with E-state index in [1.54, 1.807) is 0 Å². The summed E-state index contributed by atoms with van der Waals surface area (Å²) >= 11 is 0. The number of anilines is 1. The van der Waals surface area contributed by atoms with Crippen LogP contribution in [0.5, 0.6) is 0 Å². The summed E-state index contributed by atoms with van der Waals surface area (Å²) in [6.45, 7) is 1.87. The summed E-state index contributed by atoms with van der Waals surface area (Å²) in [6.07, 6.45) is 1.45. The number of imide groups is 2. The smallest absolute Gasteiger partial charge is 0.336 e. The second-order valence-corrected chi connectivity index (χ2v) is 6.48. The molecule has 7 heteroatoms. The number of halogens is 1. The Morgan fingerprint density at radius 1 is 1.00 bits per heavy atom. The van der Waals surface area contributed by atoms with Gasteiger partial charge in [-0.25, -0.2) is 14.1 Å². The molecule has 28 heavy (non-hydrogen) atoms. The summed E-state index contributed by atoms with van der Waals surface area (Å²) in [5.74, 6) is -2.41. The van der Waals surface area contributed by atoms with Crippen molar-refractivity contribution in [2.24, 2.45) is 7.05 Å². The van der Waals surface area contributed by atoms with Crippen LogP contribution in [0.4, 0.5) is 14.9 Å². The molecule has 1 aliphatic rings. The molecule has 1 saturated heterocycles. The molecule has 3 aromatic rings. The molecule has 0 bridgehead atoms. The minimum atomic E-state index is -0.980. The number of amides is 4. The summed E-state index contributed by atoms with van der Waals surface area (Å²) in [5, 5.41) is 2.98. The Hall–Kier alpha value is -3.74. The van der Waals surface area contributed by atoms with Gasteiger partial charge in [-0.1, -0.05) is 30.3 Å². The summed E-state index contributed by atoms with van der Waals surface area (Å²) in [7, 11) is 1.89. The first kappa shape index (κ1) is 17.7. The Balaban J connectivity index is 1.87. The maximum atomic E-state index is 14.2.